The molecule has 0 bridgehead atoms. The Labute approximate surface area is 90.6 Å². The van der Waals surface area contributed by atoms with Crippen molar-refractivity contribution >= 4 is 5.69 Å². The van der Waals surface area contributed by atoms with Gasteiger partial charge in [0.1, 0.15) is 5.75 Å². The van der Waals surface area contributed by atoms with Crippen LogP contribution in [0.3, 0.4) is 0 Å². The number of hydrogen-bond acceptors (Lipinski definition) is 3. The molecule has 0 fully saturated rings. The van der Waals surface area contributed by atoms with Gasteiger partial charge in [-0.15, -0.1) is 0 Å². The van der Waals surface area contributed by atoms with Gasteiger partial charge in [0.25, 0.3) is 0 Å². The highest BCUT2D eigenvalue weighted by Gasteiger charge is 2.27. The van der Waals surface area contributed by atoms with Crippen LogP contribution in [0.5, 0.6) is 5.75 Å². The molecule has 0 saturated heterocycles. The van der Waals surface area contributed by atoms with E-state index >= 15 is 0 Å². The average molecular weight is 206 g/mol. The molecule has 15 heavy (non-hydrogen) atoms. The number of nitrogens with two attached hydrogens (primary N) is 1. The van der Waals surface area contributed by atoms with Gasteiger partial charge in [0, 0.05) is 5.69 Å². The van der Waals surface area contributed by atoms with Crippen molar-refractivity contribution in [2.45, 2.75) is 31.8 Å². The summed E-state index contributed by atoms with van der Waals surface area (Å²) in [5.74, 6) is 0.913. The lowest BCUT2D eigenvalue weighted by Crippen LogP contribution is -2.49. The number of nitrogens with one attached hydrogen (secondary N) is 1. The predicted molar refractivity (Wildman–Crippen MR) is 62.1 cm³/mol. The van der Waals surface area contributed by atoms with E-state index in [0.717, 1.165) is 30.7 Å². The van der Waals surface area contributed by atoms with Crippen LogP contribution < -0.4 is 15.8 Å². The van der Waals surface area contributed by atoms with E-state index in [2.05, 4.69) is 18.3 Å². The minimum atomic E-state index is -0.235. The average Bonchev–Trinajstić information content (AvgIpc) is 2.28. The van der Waals surface area contributed by atoms with Gasteiger partial charge in [-0.3, -0.25) is 0 Å². The molecule has 3 N–H and O–H groups in total. The molecule has 1 aromatic rings. The van der Waals surface area contributed by atoms with Crippen LogP contribution in [0.4, 0.5) is 5.69 Å². The highest BCUT2D eigenvalue weighted by atomic mass is 16.5. The molecular formula is C12H18N2O. The van der Waals surface area contributed by atoms with Gasteiger partial charge in [-0.25, -0.2) is 0 Å². The number of hydrogen-bond donors (Lipinski definition) is 2. The zero-order valence-electron chi connectivity index (χ0n) is 9.34. The lowest BCUT2D eigenvalue weighted by molar-refractivity contribution is 0.407. The minimum Gasteiger partial charge on any atom is -0.497 e. The molecule has 0 saturated carbocycles. The van der Waals surface area contributed by atoms with Crippen LogP contribution in [-0.4, -0.2) is 12.8 Å². The summed E-state index contributed by atoms with van der Waals surface area (Å²) >= 11 is 0. The third-order valence-electron chi connectivity index (χ3n) is 3.17. The molecule has 2 rings (SSSR count). The maximum absolute atomic E-state index is 6.20. The molecule has 1 aliphatic rings. The first-order valence-electron chi connectivity index (χ1n) is 5.41. The molecule has 0 radical (unpaired) electrons. The van der Waals surface area contributed by atoms with Gasteiger partial charge in [0.2, 0.25) is 0 Å². The van der Waals surface area contributed by atoms with E-state index in [0.29, 0.717) is 0 Å². The fourth-order valence-electron chi connectivity index (χ4n) is 1.98. The topological polar surface area (TPSA) is 47.3 Å². The summed E-state index contributed by atoms with van der Waals surface area (Å²) in [5, 5.41) is 3.40. The van der Waals surface area contributed by atoms with Crippen LogP contribution in [0.15, 0.2) is 18.2 Å². The van der Waals surface area contributed by atoms with Crippen LogP contribution in [0.25, 0.3) is 0 Å². The molecule has 1 aromatic carbocycles. The van der Waals surface area contributed by atoms with E-state index in [9.17, 15) is 0 Å². The Hall–Kier alpha value is -1.22. The van der Waals surface area contributed by atoms with Crippen molar-refractivity contribution in [3.05, 3.63) is 23.8 Å². The van der Waals surface area contributed by atoms with E-state index in [1.54, 1.807) is 7.11 Å². The maximum atomic E-state index is 6.20. The molecule has 1 aliphatic heterocycles. The van der Waals surface area contributed by atoms with Gasteiger partial charge >= 0.3 is 0 Å². The zero-order valence-corrected chi connectivity index (χ0v) is 9.34. The summed E-state index contributed by atoms with van der Waals surface area (Å²) in [7, 11) is 1.69. The van der Waals surface area contributed by atoms with Gasteiger partial charge in [0.05, 0.1) is 12.8 Å². The fraction of sp³-hybridized carbons (Fsp3) is 0.500. The zero-order chi connectivity index (χ0) is 10.9. The summed E-state index contributed by atoms with van der Waals surface area (Å²) in [5.41, 5.74) is 8.41. The van der Waals surface area contributed by atoms with Crippen molar-refractivity contribution in [3.8, 4) is 5.75 Å². The Morgan fingerprint density at radius 2 is 2.33 bits per heavy atom. The van der Waals surface area contributed by atoms with Gasteiger partial charge in [-0.1, -0.05) is 6.92 Å². The standard InChI is InChI=1S/C12H18N2O/c1-3-12(13)7-6-9-8-10(15-2)4-5-11(9)14-12/h4-5,8,14H,3,6-7,13H2,1-2H3. The first-order chi connectivity index (χ1) is 7.17. The second-order valence-electron chi connectivity index (χ2n) is 4.16. The fourth-order valence-corrected chi connectivity index (χ4v) is 1.98. The van der Waals surface area contributed by atoms with Crippen LogP contribution in [0.1, 0.15) is 25.3 Å². The Bertz CT molecular complexity index is 365. The molecule has 1 atom stereocenters. The van der Waals surface area contributed by atoms with Crippen LogP contribution in [0.2, 0.25) is 0 Å². The Morgan fingerprint density at radius 3 is 3.00 bits per heavy atom. The summed E-state index contributed by atoms with van der Waals surface area (Å²) in [6, 6.07) is 6.09. The van der Waals surface area contributed by atoms with E-state index in [4.69, 9.17) is 10.5 Å². The van der Waals surface area contributed by atoms with Gasteiger partial charge in [-0.05, 0) is 43.0 Å². The molecule has 0 amide bonds. The molecule has 1 unspecified atom stereocenters. The number of ether oxygens (including phenoxy) is 1. The second kappa shape index (κ2) is 3.74. The SMILES string of the molecule is CCC1(N)CCc2cc(OC)ccc2N1. The van der Waals surface area contributed by atoms with Gasteiger partial charge in [-0.2, -0.15) is 0 Å². The number of aryl methyl sites for hydroxylation is 1. The highest BCUT2D eigenvalue weighted by molar-refractivity contribution is 5.57. The van der Waals surface area contributed by atoms with E-state index < -0.39 is 0 Å². The van der Waals surface area contributed by atoms with Gasteiger partial charge < -0.3 is 15.8 Å². The normalized spacial score (nSPS) is 24.2. The third-order valence-corrected chi connectivity index (χ3v) is 3.17. The molecular weight excluding hydrogens is 188 g/mol. The van der Waals surface area contributed by atoms with E-state index in [1.165, 1.54) is 5.56 Å². The summed E-state index contributed by atoms with van der Waals surface area (Å²) in [4.78, 5) is 0. The van der Waals surface area contributed by atoms with Crippen molar-refractivity contribution in [1.29, 1.82) is 0 Å². The molecule has 0 aromatic heterocycles. The molecule has 0 aliphatic carbocycles. The van der Waals surface area contributed by atoms with Crippen molar-refractivity contribution in [2.24, 2.45) is 5.73 Å². The second-order valence-corrected chi connectivity index (χ2v) is 4.16. The van der Waals surface area contributed by atoms with E-state index in [-0.39, 0.29) is 5.66 Å². The lowest BCUT2D eigenvalue weighted by Gasteiger charge is -2.36. The molecule has 82 valence electrons. The first kappa shape index (κ1) is 10.3. The maximum Gasteiger partial charge on any atom is 0.119 e. The molecule has 3 nitrogen and oxygen atoms in total. The number of benzene rings is 1. The number of methoxy groups -OCH3 is 1. The Kier molecular flexibility index (Phi) is 2.57. The van der Waals surface area contributed by atoms with Crippen LogP contribution in [-0.2, 0) is 6.42 Å². The summed E-state index contributed by atoms with van der Waals surface area (Å²) in [6.07, 6.45) is 2.94. The number of anilines is 1. The lowest BCUT2D eigenvalue weighted by atomic mass is 9.92. The Morgan fingerprint density at radius 1 is 1.53 bits per heavy atom. The highest BCUT2D eigenvalue weighted by Crippen LogP contribution is 2.32. The molecule has 3 heteroatoms. The number of rotatable bonds is 2. The third kappa shape index (κ3) is 1.92. The summed E-state index contributed by atoms with van der Waals surface area (Å²) < 4.78 is 5.20. The quantitative estimate of drug-likeness (QED) is 0.779. The molecule has 1 heterocycles. The first-order valence-corrected chi connectivity index (χ1v) is 5.41. The Balaban J connectivity index is 2.28. The van der Waals surface area contributed by atoms with Crippen molar-refractivity contribution < 1.29 is 4.74 Å². The van der Waals surface area contributed by atoms with Crippen molar-refractivity contribution in [1.82, 2.24) is 0 Å². The van der Waals surface area contributed by atoms with E-state index in [1.807, 2.05) is 12.1 Å². The smallest absolute Gasteiger partial charge is 0.119 e. The van der Waals surface area contributed by atoms with Gasteiger partial charge in [0.15, 0.2) is 0 Å². The molecule has 0 spiro atoms. The predicted octanol–water partition coefficient (Wildman–Crippen LogP) is 2.12. The monoisotopic (exact) mass is 206 g/mol. The van der Waals surface area contributed by atoms with Crippen molar-refractivity contribution in [2.75, 3.05) is 12.4 Å². The minimum absolute atomic E-state index is 0.235. The largest absolute Gasteiger partial charge is 0.497 e. The number of fused-ring (bicyclic) bond motifs is 1. The van der Waals surface area contributed by atoms with Crippen molar-refractivity contribution in [3.63, 3.8) is 0 Å². The summed E-state index contributed by atoms with van der Waals surface area (Å²) in [6.45, 7) is 2.11. The van der Waals surface area contributed by atoms with Crippen LogP contribution >= 0.6 is 0 Å². The van der Waals surface area contributed by atoms with Crippen LogP contribution in [0, 0.1) is 0 Å².